The van der Waals surface area contributed by atoms with E-state index < -0.39 is 0 Å². The Morgan fingerprint density at radius 2 is 1.93 bits per heavy atom. The van der Waals surface area contributed by atoms with Gasteiger partial charge in [-0.3, -0.25) is 0 Å². The number of urea groups is 1. The number of carbonyl (C=O) groups is 1. The molecule has 2 N–H and O–H groups in total. The van der Waals surface area contributed by atoms with Crippen molar-refractivity contribution >= 4 is 29.3 Å². The Kier molecular flexibility index (Phi) is 8.30. The number of thiol groups is 1. The van der Waals surface area contributed by atoms with Gasteiger partial charge in [0.05, 0.1) is 25.2 Å². The van der Waals surface area contributed by atoms with Gasteiger partial charge in [0.15, 0.2) is 5.82 Å². The topological polar surface area (TPSA) is 82.6 Å². The minimum atomic E-state index is -0.209. The van der Waals surface area contributed by atoms with Gasteiger partial charge in [-0.25, -0.2) is 14.8 Å². The maximum absolute atomic E-state index is 12.0. The Morgan fingerprint density at radius 3 is 2.60 bits per heavy atom. The van der Waals surface area contributed by atoms with Gasteiger partial charge in [0.2, 0.25) is 0 Å². The molecular weight excluding hydrogens is 400 g/mol. The third-order valence-corrected chi connectivity index (χ3v) is 5.31. The fraction of sp³-hybridized carbons (Fsp3) is 0.476. The number of hydrogen-bond acceptors (Lipinski definition) is 6. The molecule has 1 fully saturated rings. The van der Waals surface area contributed by atoms with Gasteiger partial charge in [0, 0.05) is 43.5 Å². The van der Waals surface area contributed by atoms with Crippen LogP contribution in [0.4, 0.5) is 16.3 Å². The van der Waals surface area contributed by atoms with Crippen LogP contribution in [0.25, 0.3) is 11.4 Å². The van der Waals surface area contributed by atoms with E-state index in [4.69, 9.17) is 14.7 Å². The van der Waals surface area contributed by atoms with Crippen molar-refractivity contribution in [1.29, 1.82) is 0 Å². The molecule has 0 atom stereocenters. The molecule has 0 radical (unpaired) electrons. The average molecular weight is 432 g/mol. The van der Waals surface area contributed by atoms with Crippen molar-refractivity contribution in [3.05, 3.63) is 36.0 Å². The minimum absolute atomic E-state index is 0.209. The van der Waals surface area contributed by atoms with E-state index in [1.54, 1.807) is 0 Å². The largest absolute Gasteiger partial charge is 0.378 e. The second-order valence-electron chi connectivity index (χ2n) is 7.38. The summed E-state index contributed by atoms with van der Waals surface area (Å²) in [6.07, 6.45) is 2.13. The first-order chi connectivity index (χ1) is 14.5. The number of amides is 2. The second-order valence-corrected chi connectivity index (χ2v) is 8.33. The predicted octanol–water partition coefficient (Wildman–Crippen LogP) is 1.61. The highest BCUT2D eigenvalue weighted by Crippen LogP contribution is 2.23. The monoisotopic (exact) mass is 431 g/mol. The number of morpholine rings is 1. The molecule has 8 nitrogen and oxygen atoms in total. The molecule has 0 aliphatic carbocycles. The van der Waals surface area contributed by atoms with Gasteiger partial charge < -0.3 is 25.2 Å². The molecule has 162 valence electrons. The Balaban J connectivity index is 1.71. The van der Waals surface area contributed by atoms with E-state index in [1.165, 1.54) is 11.8 Å². The molecule has 1 aliphatic heterocycles. The fourth-order valence-corrected chi connectivity index (χ4v) is 3.57. The van der Waals surface area contributed by atoms with Gasteiger partial charge in [0.1, 0.15) is 11.6 Å². The lowest BCUT2D eigenvalue weighted by molar-refractivity contribution is 0.122. The fourth-order valence-electron chi connectivity index (χ4n) is 3.08. The van der Waals surface area contributed by atoms with E-state index in [0.717, 1.165) is 61.4 Å². The summed E-state index contributed by atoms with van der Waals surface area (Å²) in [5.74, 6) is 2.55. The van der Waals surface area contributed by atoms with Crippen LogP contribution in [0.3, 0.4) is 0 Å². The summed E-state index contributed by atoms with van der Waals surface area (Å²) in [5, 5.41) is 5.70. The molecule has 2 heterocycles. The highest BCUT2D eigenvalue weighted by molar-refractivity contribution is 7.76. The SMILES string of the molecule is C[SH+]Cc1cc(N2CCOCC2)nc(-c2ccc(NC(=O)NCCN(C)C)cc2)n1. The molecule has 1 saturated heterocycles. The first kappa shape index (κ1) is 22.3. The lowest BCUT2D eigenvalue weighted by atomic mass is 10.2. The van der Waals surface area contributed by atoms with Crippen LogP contribution < -0.4 is 15.5 Å². The summed E-state index contributed by atoms with van der Waals surface area (Å²) in [6, 6.07) is 9.52. The average Bonchev–Trinajstić information content (AvgIpc) is 2.74. The number of aromatic nitrogens is 2. The number of benzene rings is 1. The van der Waals surface area contributed by atoms with Crippen LogP contribution in [0.2, 0.25) is 0 Å². The van der Waals surface area contributed by atoms with Crippen LogP contribution in [0.15, 0.2) is 30.3 Å². The molecular formula is C21H31N6O2S+. The van der Waals surface area contributed by atoms with Gasteiger partial charge in [-0.05, 0) is 50.1 Å². The maximum atomic E-state index is 12.0. The van der Waals surface area contributed by atoms with Crippen LogP contribution in [-0.2, 0) is 22.3 Å². The van der Waals surface area contributed by atoms with Gasteiger partial charge in [-0.15, -0.1) is 0 Å². The van der Waals surface area contributed by atoms with Crippen LogP contribution in [0.1, 0.15) is 5.69 Å². The molecule has 3 rings (SSSR count). The van der Waals surface area contributed by atoms with Gasteiger partial charge in [0.25, 0.3) is 0 Å². The summed E-state index contributed by atoms with van der Waals surface area (Å²) in [5.41, 5.74) is 2.70. The van der Waals surface area contributed by atoms with Gasteiger partial charge in [-0.2, -0.15) is 0 Å². The predicted molar refractivity (Wildman–Crippen MR) is 124 cm³/mol. The van der Waals surface area contributed by atoms with Crippen molar-refractivity contribution in [3.63, 3.8) is 0 Å². The Bertz CT molecular complexity index is 825. The van der Waals surface area contributed by atoms with E-state index in [1.807, 2.05) is 43.3 Å². The highest BCUT2D eigenvalue weighted by atomic mass is 32.2. The van der Waals surface area contributed by atoms with E-state index in [2.05, 4.69) is 27.9 Å². The number of carbonyl (C=O) groups excluding carboxylic acids is 1. The number of nitrogens with one attached hydrogen (secondary N) is 2. The van der Waals surface area contributed by atoms with Gasteiger partial charge in [-0.1, -0.05) is 0 Å². The third-order valence-electron chi connectivity index (χ3n) is 4.67. The lowest BCUT2D eigenvalue weighted by Crippen LogP contribution is -2.37. The normalized spacial score (nSPS) is 14.1. The van der Waals surface area contributed by atoms with Crippen LogP contribution in [0.5, 0.6) is 0 Å². The molecule has 9 heteroatoms. The summed E-state index contributed by atoms with van der Waals surface area (Å²) in [7, 11) is 3.94. The van der Waals surface area contributed by atoms with Crippen LogP contribution >= 0.6 is 0 Å². The standard InChI is InChI=1S/C21H30N6O2S/c1-26(2)9-8-22-21(28)24-17-6-4-16(5-7-17)20-23-18(15-30-3)14-19(25-20)27-10-12-29-13-11-27/h4-7,14H,8-13,15H2,1-3H3,(H2,22,24,28)/p+1. The zero-order valence-corrected chi connectivity index (χ0v) is 18.8. The van der Waals surface area contributed by atoms with Crippen molar-refractivity contribution in [2.45, 2.75) is 5.75 Å². The quantitative estimate of drug-likeness (QED) is 0.488. The van der Waals surface area contributed by atoms with Crippen LogP contribution in [-0.4, -0.2) is 80.6 Å². The number of hydrogen-bond donors (Lipinski definition) is 2. The molecule has 0 saturated carbocycles. The van der Waals surface area contributed by atoms with E-state index in [0.29, 0.717) is 12.4 Å². The Hall–Kier alpha value is -2.36. The minimum Gasteiger partial charge on any atom is -0.378 e. The molecule has 0 unspecified atom stereocenters. The molecule has 2 amide bonds. The number of nitrogens with zero attached hydrogens (tertiary/aromatic N) is 4. The molecule has 0 bridgehead atoms. The smallest absolute Gasteiger partial charge is 0.319 e. The van der Waals surface area contributed by atoms with E-state index >= 15 is 0 Å². The summed E-state index contributed by atoms with van der Waals surface area (Å²) in [4.78, 5) is 25.8. The van der Waals surface area contributed by atoms with Crippen molar-refractivity contribution in [2.24, 2.45) is 0 Å². The van der Waals surface area contributed by atoms with Crippen LogP contribution in [0, 0.1) is 0 Å². The number of ether oxygens (including phenoxy) is 1. The van der Waals surface area contributed by atoms with Crippen molar-refractivity contribution < 1.29 is 9.53 Å². The molecule has 1 aliphatic rings. The van der Waals surface area contributed by atoms with Crippen molar-refractivity contribution in [3.8, 4) is 11.4 Å². The molecule has 1 aromatic heterocycles. The highest BCUT2D eigenvalue weighted by Gasteiger charge is 2.16. The summed E-state index contributed by atoms with van der Waals surface area (Å²) >= 11 is 1.27. The van der Waals surface area contributed by atoms with Crippen molar-refractivity contribution in [2.75, 3.05) is 70.0 Å². The van der Waals surface area contributed by atoms with Crippen molar-refractivity contribution in [1.82, 2.24) is 20.2 Å². The Morgan fingerprint density at radius 1 is 1.20 bits per heavy atom. The molecule has 30 heavy (non-hydrogen) atoms. The second kappa shape index (κ2) is 11.1. The van der Waals surface area contributed by atoms with E-state index in [9.17, 15) is 4.79 Å². The summed E-state index contributed by atoms with van der Waals surface area (Å²) < 4.78 is 5.47. The number of anilines is 2. The molecule has 1 aromatic carbocycles. The maximum Gasteiger partial charge on any atom is 0.319 e. The third kappa shape index (κ3) is 6.58. The zero-order valence-electron chi connectivity index (χ0n) is 17.9. The van der Waals surface area contributed by atoms with E-state index in [-0.39, 0.29) is 6.03 Å². The van der Waals surface area contributed by atoms with Gasteiger partial charge >= 0.3 is 6.03 Å². The first-order valence-corrected chi connectivity index (χ1v) is 11.6. The number of likely N-dealkylation sites (N-methyl/N-ethyl adjacent to an activating group) is 1. The first-order valence-electron chi connectivity index (χ1n) is 10.1. The molecule has 2 aromatic rings. The number of rotatable bonds is 8. The summed E-state index contributed by atoms with van der Waals surface area (Å²) in [6.45, 7) is 4.51. The lowest BCUT2D eigenvalue weighted by Gasteiger charge is -2.28. The molecule has 0 spiro atoms. The Labute approximate surface area is 182 Å². The zero-order chi connectivity index (χ0) is 21.3.